The first-order valence-corrected chi connectivity index (χ1v) is 7.59. The fourth-order valence-corrected chi connectivity index (χ4v) is 3.24. The van der Waals surface area contributed by atoms with Crippen LogP contribution in [0.4, 0.5) is 0 Å². The van der Waals surface area contributed by atoms with Gasteiger partial charge in [0.05, 0.1) is 20.8 Å². The highest BCUT2D eigenvalue weighted by Crippen LogP contribution is 2.31. The molecule has 1 aromatic rings. The van der Waals surface area contributed by atoms with Crippen LogP contribution in [0.1, 0.15) is 18.4 Å². The van der Waals surface area contributed by atoms with Crippen molar-refractivity contribution in [3.8, 4) is 11.5 Å². The zero-order chi connectivity index (χ0) is 13.7. The average molecular weight is 329 g/mol. The van der Waals surface area contributed by atoms with Gasteiger partial charge in [0.25, 0.3) is 0 Å². The molecule has 3 nitrogen and oxygen atoms in total. The molecular formula is C15H21BrO3. The van der Waals surface area contributed by atoms with E-state index in [2.05, 4.69) is 28.1 Å². The van der Waals surface area contributed by atoms with Crippen molar-refractivity contribution in [2.24, 2.45) is 5.92 Å². The smallest absolute Gasteiger partial charge is 0.160 e. The van der Waals surface area contributed by atoms with Crippen LogP contribution in [0.3, 0.4) is 0 Å². The van der Waals surface area contributed by atoms with Gasteiger partial charge in [-0.2, -0.15) is 0 Å². The molecule has 19 heavy (non-hydrogen) atoms. The second-order valence-corrected chi connectivity index (χ2v) is 6.06. The predicted molar refractivity (Wildman–Crippen MR) is 79.5 cm³/mol. The van der Waals surface area contributed by atoms with E-state index >= 15 is 0 Å². The van der Waals surface area contributed by atoms with Gasteiger partial charge in [0.15, 0.2) is 11.5 Å². The molecule has 0 saturated carbocycles. The summed E-state index contributed by atoms with van der Waals surface area (Å²) in [5, 5.41) is 0. The molecule has 106 valence electrons. The van der Waals surface area contributed by atoms with Crippen molar-refractivity contribution in [1.82, 2.24) is 0 Å². The SMILES string of the molecule is COc1ccc(CC(Br)C2CCCOC2)cc1OC. The Labute approximate surface area is 123 Å². The Kier molecular flexibility index (Phi) is 5.52. The van der Waals surface area contributed by atoms with Gasteiger partial charge in [0.1, 0.15) is 0 Å². The second-order valence-electron chi connectivity index (χ2n) is 4.89. The maximum Gasteiger partial charge on any atom is 0.160 e. The molecule has 4 heteroatoms. The Morgan fingerprint density at radius 1 is 1.32 bits per heavy atom. The monoisotopic (exact) mass is 328 g/mol. The Morgan fingerprint density at radius 3 is 2.74 bits per heavy atom. The van der Waals surface area contributed by atoms with E-state index in [4.69, 9.17) is 14.2 Å². The number of benzene rings is 1. The lowest BCUT2D eigenvalue weighted by Gasteiger charge is -2.26. The maximum absolute atomic E-state index is 5.55. The third-order valence-electron chi connectivity index (χ3n) is 3.59. The largest absolute Gasteiger partial charge is 0.493 e. The van der Waals surface area contributed by atoms with Crippen molar-refractivity contribution in [2.45, 2.75) is 24.1 Å². The highest BCUT2D eigenvalue weighted by molar-refractivity contribution is 9.09. The van der Waals surface area contributed by atoms with Gasteiger partial charge < -0.3 is 14.2 Å². The van der Waals surface area contributed by atoms with Crippen LogP contribution < -0.4 is 9.47 Å². The van der Waals surface area contributed by atoms with E-state index in [0.717, 1.165) is 31.1 Å². The van der Waals surface area contributed by atoms with Gasteiger partial charge in [-0.05, 0) is 42.9 Å². The summed E-state index contributed by atoms with van der Waals surface area (Å²) in [5.41, 5.74) is 1.25. The highest BCUT2D eigenvalue weighted by atomic mass is 79.9. The molecule has 1 heterocycles. The Balaban J connectivity index is 2.01. The van der Waals surface area contributed by atoms with Gasteiger partial charge in [0, 0.05) is 11.4 Å². The third-order valence-corrected chi connectivity index (χ3v) is 4.66. The Hall–Kier alpha value is -0.740. The van der Waals surface area contributed by atoms with Crippen LogP contribution in [0.25, 0.3) is 0 Å². The topological polar surface area (TPSA) is 27.7 Å². The molecule has 1 saturated heterocycles. The molecule has 2 unspecified atom stereocenters. The van der Waals surface area contributed by atoms with E-state index in [1.54, 1.807) is 14.2 Å². The zero-order valence-electron chi connectivity index (χ0n) is 11.5. The molecule has 1 aromatic carbocycles. The van der Waals surface area contributed by atoms with Crippen LogP contribution in [0, 0.1) is 5.92 Å². The van der Waals surface area contributed by atoms with E-state index in [1.807, 2.05) is 6.07 Å². The first-order valence-electron chi connectivity index (χ1n) is 6.67. The molecule has 1 aliphatic rings. The van der Waals surface area contributed by atoms with E-state index in [0.29, 0.717) is 10.7 Å². The molecule has 0 radical (unpaired) electrons. The minimum absolute atomic E-state index is 0.450. The summed E-state index contributed by atoms with van der Waals surface area (Å²) < 4.78 is 16.1. The number of hydrogen-bond donors (Lipinski definition) is 0. The lowest BCUT2D eigenvalue weighted by Crippen LogP contribution is -2.26. The number of alkyl halides is 1. The highest BCUT2D eigenvalue weighted by Gasteiger charge is 2.22. The summed E-state index contributed by atoms with van der Waals surface area (Å²) in [5.74, 6) is 2.17. The van der Waals surface area contributed by atoms with Crippen LogP contribution >= 0.6 is 15.9 Å². The number of methoxy groups -OCH3 is 2. The average Bonchev–Trinajstić information content (AvgIpc) is 2.48. The van der Waals surface area contributed by atoms with Crippen LogP contribution in [-0.2, 0) is 11.2 Å². The molecule has 0 N–H and O–H groups in total. The number of halogens is 1. The Bertz CT molecular complexity index is 402. The molecule has 0 bridgehead atoms. The van der Waals surface area contributed by atoms with Crippen molar-refractivity contribution in [1.29, 1.82) is 0 Å². The number of hydrogen-bond acceptors (Lipinski definition) is 3. The minimum atomic E-state index is 0.450. The normalized spacial score (nSPS) is 20.9. The fraction of sp³-hybridized carbons (Fsp3) is 0.600. The lowest BCUT2D eigenvalue weighted by molar-refractivity contribution is 0.0547. The molecule has 0 aromatic heterocycles. The molecule has 0 amide bonds. The van der Waals surface area contributed by atoms with E-state index in [-0.39, 0.29) is 0 Å². The minimum Gasteiger partial charge on any atom is -0.493 e. The van der Waals surface area contributed by atoms with Crippen molar-refractivity contribution in [3.63, 3.8) is 0 Å². The van der Waals surface area contributed by atoms with Crippen molar-refractivity contribution in [3.05, 3.63) is 23.8 Å². The maximum atomic E-state index is 5.55. The molecule has 1 aliphatic heterocycles. The fourth-order valence-electron chi connectivity index (χ4n) is 2.45. The van der Waals surface area contributed by atoms with Crippen LogP contribution in [-0.4, -0.2) is 32.3 Å². The molecule has 2 rings (SSSR count). The number of ether oxygens (including phenoxy) is 3. The summed E-state index contributed by atoms with van der Waals surface area (Å²) in [4.78, 5) is 0.450. The third kappa shape index (κ3) is 3.86. The molecule has 1 fully saturated rings. The summed E-state index contributed by atoms with van der Waals surface area (Å²) in [6, 6.07) is 6.11. The van der Waals surface area contributed by atoms with Gasteiger partial charge in [-0.25, -0.2) is 0 Å². The van der Waals surface area contributed by atoms with Gasteiger partial charge in [-0.3, -0.25) is 0 Å². The van der Waals surface area contributed by atoms with Crippen LogP contribution in [0.15, 0.2) is 18.2 Å². The summed E-state index contributed by atoms with van der Waals surface area (Å²) >= 11 is 3.81. The Morgan fingerprint density at radius 2 is 2.11 bits per heavy atom. The van der Waals surface area contributed by atoms with Gasteiger partial charge >= 0.3 is 0 Å². The molecule has 0 aliphatic carbocycles. The van der Waals surface area contributed by atoms with Gasteiger partial charge in [0.2, 0.25) is 0 Å². The summed E-state index contributed by atoms with van der Waals surface area (Å²) in [6.07, 6.45) is 3.39. The van der Waals surface area contributed by atoms with Crippen LogP contribution in [0.5, 0.6) is 11.5 Å². The second kappa shape index (κ2) is 7.15. The number of rotatable bonds is 5. The molecular weight excluding hydrogens is 308 g/mol. The standard InChI is InChI=1S/C15H21BrO3/c1-17-14-6-5-11(9-15(14)18-2)8-13(16)12-4-3-7-19-10-12/h5-6,9,12-13H,3-4,7-8,10H2,1-2H3. The molecule has 0 spiro atoms. The van der Waals surface area contributed by atoms with E-state index < -0.39 is 0 Å². The summed E-state index contributed by atoms with van der Waals surface area (Å²) in [6.45, 7) is 1.77. The first kappa shape index (κ1) is 14.7. The quantitative estimate of drug-likeness (QED) is 0.775. The molecule has 2 atom stereocenters. The van der Waals surface area contributed by atoms with Crippen molar-refractivity contribution in [2.75, 3.05) is 27.4 Å². The first-order chi connectivity index (χ1) is 9.24. The lowest BCUT2D eigenvalue weighted by atomic mass is 9.94. The van der Waals surface area contributed by atoms with Crippen molar-refractivity contribution >= 4 is 15.9 Å². The predicted octanol–water partition coefficient (Wildman–Crippen LogP) is 3.44. The van der Waals surface area contributed by atoms with Crippen molar-refractivity contribution < 1.29 is 14.2 Å². The van der Waals surface area contributed by atoms with Crippen LogP contribution in [0.2, 0.25) is 0 Å². The zero-order valence-corrected chi connectivity index (χ0v) is 13.1. The summed E-state index contributed by atoms with van der Waals surface area (Å²) in [7, 11) is 3.33. The van der Waals surface area contributed by atoms with E-state index in [9.17, 15) is 0 Å². The van der Waals surface area contributed by atoms with Gasteiger partial charge in [-0.1, -0.05) is 22.0 Å². The van der Waals surface area contributed by atoms with E-state index in [1.165, 1.54) is 18.4 Å². The van der Waals surface area contributed by atoms with Gasteiger partial charge in [-0.15, -0.1) is 0 Å².